The van der Waals surface area contributed by atoms with E-state index in [1.54, 1.807) is 11.1 Å². The normalized spacial score (nSPS) is 18.0. The first kappa shape index (κ1) is 16.3. The molecule has 1 amide bonds. The zero-order valence-electron chi connectivity index (χ0n) is 15.7. The maximum atomic E-state index is 12.3. The number of H-pyrrole nitrogens is 1. The number of rotatable bonds is 1. The van der Waals surface area contributed by atoms with Crippen molar-refractivity contribution >= 4 is 17.1 Å². The van der Waals surface area contributed by atoms with Crippen LogP contribution in [0.3, 0.4) is 0 Å². The first-order valence-corrected chi connectivity index (χ1v) is 9.19. The molecule has 0 saturated carbocycles. The third-order valence-corrected chi connectivity index (χ3v) is 5.35. The Morgan fingerprint density at radius 3 is 2.85 bits per heavy atom. The molecule has 1 fully saturated rings. The third kappa shape index (κ3) is 2.58. The van der Waals surface area contributed by atoms with Gasteiger partial charge in [0.25, 0.3) is 0 Å². The molecule has 5 heterocycles. The average molecular weight is 366 g/mol. The van der Waals surface area contributed by atoms with Gasteiger partial charge in [-0.25, -0.2) is 9.78 Å². The van der Waals surface area contributed by atoms with Gasteiger partial charge in [-0.1, -0.05) is 0 Å². The van der Waals surface area contributed by atoms with Crippen LogP contribution in [0.1, 0.15) is 32.9 Å². The molecule has 1 N–H and O–H groups in total. The number of aromatic amines is 1. The lowest BCUT2D eigenvalue weighted by molar-refractivity contribution is -0.00969. The van der Waals surface area contributed by atoms with Crippen molar-refractivity contribution in [2.75, 3.05) is 13.1 Å². The molecule has 0 atom stereocenters. The number of ether oxygens (including phenoxy) is 1. The lowest BCUT2D eigenvalue weighted by Crippen LogP contribution is -2.61. The third-order valence-electron chi connectivity index (χ3n) is 5.35. The van der Waals surface area contributed by atoms with Gasteiger partial charge in [-0.05, 0) is 39.3 Å². The highest BCUT2D eigenvalue weighted by molar-refractivity contribution is 5.79. The van der Waals surface area contributed by atoms with Gasteiger partial charge in [0, 0.05) is 47.9 Å². The number of nitrogens with one attached hydrogen (secondary N) is 1. The minimum Gasteiger partial charge on any atom is -0.444 e. The Labute approximate surface area is 156 Å². The van der Waals surface area contributed by atoms with E-state index in [4.69, 9.17) is 9.84 Å². The maximum Gasteiger partial charge on any atom is 0.410 e. The predicted octanol–water partition coefficient (Wildman–Crippen LogP) is 2.71. The molecule has 2 aliphatic heterocycles. The Bertz CT molecular complexity index is 1040. The van der Waals surface area contributed by atoms with E-state index in [-0.39, 0.29) is 11.5 Å². The molecule has 5 rings (SSSR count). The summed E-state index contributed by atoms with van der Waals surface area (Å²) < 4.78 is 7.56. The summed E-state index contributed by atoms with van der Waals surface area (Å²) >= 11 is 0. The summed E-state index contributed by atoms with van der Waals surface area (Å²) in [6.07, 6.45) is 4.36. The van der Waals surface area contributed by atoms with E-state index < -0.39 is 5.60 Å². The van der Waals surface area contributed by atoms with Gasteiger partial charge in [0.2, 0.25) is 0 Å². The van der Waals surface area contributed by atoms with Crippen LogP contribution >= 0.6 is 0 Å². The van der Waals surface area contributed by atoms with E-state index >= 15 is 0 Å². The molecule has 0 radical (unpaired) electrons. The molecular weight excluding hydrogens is 344 g/mol. The summed E-state index contributed by atoms with van der Waals surface area (Å²) in [6, 6.07) is 4.19. The molecule has 8 nitrogen and oxygen atoms in total. The van der Waals surface area contributed by atoms with E-state index in [9.17, 15) is 4.79 Å². The highest BCUT2D eigenvalue weighted by atomic mass is 16.6. The molecule has 1 spiro atoms. The van der Waals surface area contributed by atoms with Crippen LogP contribution in [0.15, 0.2) is 24.5 Å². The summed E-state index contributed by atoms with van der Waals surface area (Å²) in [7, 11) is 0. The quantitative estimate of drug-likeness (QED) is 0.715. The van der Waals surface area contributed by atoms with Gasteiger partial charge >= 0.3 is 6.09 Å². The number of hydrogen-bond acceptors (Lipinski definition) is 5. The standard InChI is InChI=1S/C19H22N6O2/c1-18(2,3)27-17(26)24-10-19(11-24)4-5-25-15(19)7-14(23-25)12-6-13-9-21-22-16(13)20-8-12/h6-9H,4-5,10-11H2,1-3H3,(H,20,21,22). The monoisotopic (exact) mass is 366 g/mol. The fraction of sp³-hybridized carbons (Fsp3) is 0.474. The van der Waals surface area contributed by atoms with Gasteiger partial charge in [-0.2, -0.15) is 10.2 Å². The molecule has 0 bridgehead atoms. The summed E-state index contributed by atoms with van der Waals surface area (Å²) in [4.78, 5) is 18.5. The Balaban J connectivity index is 1.38. The van der Waals surface area contributed by atoms with Crippen LogP contribution in [0.2, 0.25) is 0 Å². The second-order valence-corrected chi connectivity index (χ2v) is 8.54. The van der Waals surface area contributed by atoms with E-state index in [0.29, 0.717) is 13.1 Å². The predicted molar refractivity (Wildman–Crippen MR) is 99.2 cm³/mol. The second kappa shape index (κ2) is 5.31. The number of amides is 1. The van der Waals surface area contributed by atoms with Crippen LogP contribution in [-0.4, -0.2) is 54.6 Å². The molecule has 27 heavy (non-hydrogen) atoms. The van der Waals surface area contributed by atoms with Crippen molar-refractivity contribution in [2.45, 2.75) is 44.8 Å². The van der Waals surface area contributed by atoms with E-state index in [1.807, 2.05) is 33.0 Å². The number of carbonyl (C=O) groups excluding carboxylic acids is 1. The zero-order chi connectivity index (χ0) is 18.8. The van der Waals surface area contributed by atoms with Crippen LogP contribution in [0, 0.1) is 0 Å². The highest BCUT2D eigenvalue weighted by Crippen LogP contribution is 2.44. The van der Waals surface area contributed by atoms with Crippen LogP contribution in [-0.2, 0) is 16.7 Å². The lowest BCUT2D eigenvalue weighted by Gasteiger charge is -2.47. The van der Waals surface area contributed by atoms with Gasteiger partial charge < -0.3 is 9.64 Å². The van der Waals surface area contributed by atoms with Crippen LogP contribution in [0.5, 0.6) is 0 Å². The topological polar surface area (TPSA) is 88.9 Å². The number of aromatic nitrogens is 5. The van der Waals surface area contributed by atoms with Gasteiger partial charge in [-0.3, -0.25) is 9.78 Å². The molecule has 0 aliphatic carbocycles. The number of aryl methyl sites for hydroxylation is 1. The minimum atomic E-state index is -0.469. The molecule has 0 unspecified atom stereocenters. The van der Waals surface area contributed by atoms with E-state index in [1.165, 1.54) is 5.69 Å². The lowest BCUT2D eigenvalue weighted by atomic mass is 9.76. The van der Waals surface area contributed by atoms with Crippen LogP contribution in [0.25, 0.3) is 22.3 Å². The molecule has 0 aromatic carbocycles. The smallest absolute Gasteiger partial charge is 0.410 e. The van der Waals surface area contributed by atoms with Crippen LogP contribution in [0.4, 0.5) is 4.79 Å². The number of fused-ring (bicyclic) bond motifs is 3. The first-order chi connectivity index (χ1) is 12.8. The Morgan fingerprint density at radius 2 is 2.07 bits per heavy atom. The summed E-state index contributed by atoms with van der Waals surface area (Å²) in [5.41, 5.74) is 3.39. The zero-order valence-corrected chi connectivity index (χ0v) is 15.7. The van der Waals surface area contributed by atoms with Gasteiger partial charge in [0.1, 0.15) is 5.60 Å². The van der Waals surface area contributed by atoms with Crippen molar-refractivity contribution in [3.63, 3.8) is 0 Å². The molecule has 1 saturated heterocycles. The SMILES string of the molecule is CC(C)(C)OC(=O)N1CC2(CCn3nc(-c4cnc5[nH]ncc5c4)cc32)C1. The van der Waals surface area contributed by atoms with Gasteiger partial charge in [0.05, 0.1) is 11.9 Å². The molecule has 3 aromatic heterocycles. The Morgan fingerprint density at radius 1 is 1.26 bits per heavy atom. The second-order valence-electron chi connectivity index (χ2n) is 8.54. The maximum absolute atomic E-state index is 12.3. The number of nitrogens with zero attached hydrogens (tertiary/aromatic N) is 5. The van der Waals surface area contributed by atoms with E-state index in [2.05, 4.69) is 25.9 Å². The van der Waals surface area contributed by atoms with Crippen molar-refractivity contribution in [2.24, 2.45) is 0 Å². The van der Waals surface area contributed by atoms with Crippen molar-refractivity contribution in [1.82, 2.24) is 29.9 Å². The molecular formula is C19H22N6O2. The number of likely N-dealkylation sites (tertiary alicyclic amines) is 1. The molecule has 8 heteroatoms. The molecule has 2 aliphatic rings. The fourth-order valence-corrected chi connectivity index (χ4v) is 4.04. The fourth-order valence-electron chi connectivity index (χ4n) is 4.04. The largest absolute Gasteiger partial charge is 0.444 e. The van der Waals surface area contributed by atoms with E-state index in [0.717, 1.165) is 35.3 Å². The minimum absolute atomic E-state index is 0.00464. The van der Waals surface area contributed by atoms with Crippen molar-refractivity contribution < 1.29 is 9.53 Å². The number of hydrogen-bond donors (Lipinski definition) is 1. The van der Waals surface area contributed by atoms with Crippen LogP contribution < -0.4 is 0 Å². The van der Waals surface area contributed by atoms with Crippen molar-refractivity contribution in [3.8, 4) is 11.3 Å². The number of pyridine rings is 1. The summed E-state index contributed by atoms with van der Waals surface area (Å²) in [5, 5.41) is 12.6. The molecule has 140 valence electrons. The number of carbonyl (C=O) groups is 1. The summed E-state index contributed by atoms with van der Waals surface area (Å²) in [6.45, 7) is 7.92. The Kier molecular flexibility index (Phi) is 3.20. The van der Waals surface area contributed by atoms with Gasteiger partial charge in [0.15, 0.2) is 5.65 Å². The molecule has 3 aromatic rings. The van der Waals surface area contributed by atoms with Crippen molar-refractivity contribution in [1.29, 1.82) is 0 Å². The summed E-state index contributed by atoms with van der Waals surface area (Å²) in [5.74, 6) is 0. The van der Waals surface area contributed by atoms with Crippen molar-refractivity contribution in [3.05, 3.63) is 30.2 Å². The highest BCUT2D eigenvalue weighted by Gasteiger charge is 2.52. The first-order valence-electron chi connectivity index (χ1n) is 9.19. The Hall–Kier alpha value is -2.90. The van der Waals surface area contributed by atoms with Gasteiger partial charge in [-0.15, -0.1) is 0 Å². The average Bonchev–Trinajstić information content (AvgIpc) is 3.24.